The van der Waals surface area contributed by atoms with Crippen LogP contribution < -0.4 is 0 Å². The van der Waals surface area contributed by atoms with E-state index in [0.29, 0.717) is 0 Å². The van der Waals surface area contributed by atoms with Crippen molar-refractivity contribution in [1.82, 2.24) is 0 Å². The monoisotopic (exact) mass is 418 g/mol. The maximum Gasteiger partial charge on any atom is 0.105 e. The van der Waals surface area contributed by atoms with Crippen molar-refractivity contribution in [3.05, 3.63) is 0 Å². The van der Waals surface area contributed by atoms with Gasteiger partial charge in [0.25, 0.3) is 0 Å². The molecule has 6 heteroatoms. The Hall–Kier alpha value is 2.50. The van der Waals surface area contributed by atoms with Gasteiger partial charge in [-0.3, -0.25) is 0 Å². The lowest BCUT2D eigenvalue weighted by molar-refractivity contribution is 1.39. The number of halogens is 6. The minimum absolute atomic E-state index is 0. The summed E-state index contributed by atoms with van der Waals surface area (Å²) in [5.41, 5.74) is 0. The predicted molar refractivity (Wildman–Crippen MR) is 62.5 cm³/mol. The van der Waals surface area contributed by atoms with Gasteiger partial charge in [-0.1, -0.05) is 0 Å². The van der Waals surface area contributed by atoms with E-state index >= 15 is 0 Å². The smallest absolute Gasteiger partial charge is 0.105 e. The third-order valence-corrected chi connectivity index (χ3v) is 0. The minimum atomic E-state index is -0.222. The molecule has 0 nitrogen and oxygen atoms in total. The second kappa shape index (κ2) is 22.7. The molecule has 0 aliphatic heterocycles. The van der Waals surface area contributed by atoms with E-state index < -0.39 is 0 Å². The van der Waals surface area contributed by atoms with Crippen molar-refractivity contribution in [3.63, 3.8) is 0 Å². The molecule has 0 bridgehead atoms. The van der Waals surface area contributed by atoms with Crippen LogP contribution in [0.5, 0.6) is 0 Å². The molecule has 0 aromatic carbocycles. The fourth-order valence-corrected chi connectivity index (χ4v) is 0. The van der Waals surface area contributed by atoms with E-state index in [1.54, 1.807) is 6.92 Å². The van der Waals surface area contributed by atoms with Crippen molar-refractivity contribution < 1.29 is 0 Å². The number of hydrogen-bond donors (Lipinski definition) is 0. The highest BCUT2D eigenvalue weighted by Crippen LogP contribution is 1.95. The molecule has 0 unspecified atom stereocenters. The van der Waals surface area contributed by atoms with Gasteiger partial charge in [-0.25, -0.2) is 0 Å². The molecule has 58 valence electrons. The van der Waals surface area contributed by atoms with Crippen LogP contribution in [-0.4, -0.2) is 4.84 Å². The molecule has 0 atom stereocenters. The summed E-state index contributed by atoms with van der Waals surface area (Å²) < 4.78 is 0. The lowest BCUT2D eigenvalue weighted by Gasteiger charge is -1.72. The van der Waals surface area contributed by atoms with E-state index in [-0.39, 0.29) is 72.8 Å². The van der Waals surface area contributed by atoms with Crippen molar-refractivity contribution in [2.75, 3.05) is 0 Å². The van der Waals surface area contributed by atoms with Crippen LogP contribution in [0.2, 0.25) is 0 Å². The van der Waals surface area contributed by atoms with E-state index in [9.17, 15) is 0 Å². The molecule has 0 aromatic heterocycles. The Labute approximate surface area is 102 Å². The first-order chi connectivity index (χ1) is 1.73. The van der Waals surface area contributed by atoms with Crippen molar-refractivity contribution in [1.29, 1.82) is 0 Å². The highest BCUT2D eigenvalue weighted by molar-refractivity contribution is 8.93. The molecule has 8 heavy (non-hydrogen) atoms. The van der Waals surface area contributed by atoms with Gasteiger partial charge in [0, 0.05) is 0 Å². The van der Waals surface area contributed by atoms with Crippen LogP contribution in [0.3, 0.4) is 0 Å². The summed E-state index contributed by atoms with van der Waals surface area (Å²) in [5, 5.41) is 0. The molecule has 0 amide bonds. The topological polar surface area (TPSA) is 0 Å². The second-order valence-electron chi connectivity index (χ2n) is 0.519. The summed E-state index contributed by atoms with van der Waals surface area (Å²) in [7, 11) is 0. The minimum Gasteiger partial charge on any atom is -0.114 e. The van der Waals surface area contributed by atoms with Crippen molar-refractivity contribution >= 4 is 91.1 Å². The number of alkyl halides is 2. The highest BCUT2D eigenvalue weighted by atomic mass is 79.9. The van der Waals surface area contributed by atoms with E-state index in [4.69, 9.17) is 23.2 Å². The Bertz CT molecular complexity index is 16.8. The molecule has 0 rings (SSSR count). The third-order valence-electron chi connectivity index (χ3n) is 0. The molecule has 0 heterocycles. The van der Waals surface area contributed by atoms with Gasteiger partial charge in [0.15, 0.2) is 0 Å². The van der Waals surface area contributed by atoms with E-state index in [0.717, 1.165) is 0 Å². The summed E-state index contributed by atoms with van der Waals surface area (Å²) in [6, 6.07) is 0. The van der Waals surface area contributed by atoms with Crippen LogP contribution in [0.15, 0.2) is 0 Å². The predicted octanol–water partition coefficient (Wildman–Crippen LogP) is 4.12. The number of rotatable bonds is 0. The third kappa shape index (κ3) is 76.5. The number of hydrogen-bond acceptors (Lipinski definition) is 0. The zero-order chi connectivity index (χ0) is 3.58. The van der Waals surface area contributed by atoms with Crippen LogP contribution in [0, 0.1) is 0 Å². The van der Waals surface area contributed by atoms with Crippen molar-refractivity contribution in [2.24, 2.45) is 0 Å². The first-order valence-corrected chi connectivity index (χ1v) is 1.89. The molecule has 0 aromatic rings. The standard InChI is InChI=1S/C2H4Cl2.4BrH/c1-2(3)4;;;;/h2H,1H3;4*1H. The summed E-state index contributed by atoms with van der Waals surface area (Å²) in [4.78, 5) is -0.222. The van der Waals surface area contributed by atoms with Crippen molar-refractivity contribution in [2.45, 2.75) is 11.8 Å². The molecule has 0 fully saturated rings. The van der Waals surface area contributed by atoms with Crippen LogP contribution in [0.25, 0.3) is 0 Å². The van der Waals surface area contributed by atoms with Crippen LogP contribution in [-0.2, 0) is 0 Å². The Morgan fingerprint density at radius 3 is 0.875 bits per heavy atom. The van der Waals surface area contributed by atoms with Gasteiger partial charge in [0.2, 0.25) is 0 Å². The Morgan fingerprint density at radius 1 is 0.875 bits per heavy atom. The average Bonchev–Trinajstić information content (AvgIpc) is 0.811. The summed E-state index contributed by atoms with van der Waals surface area (Å²) >= 11 is 10.1. The van der Waals surface area contributed by atoms with E-state index in [2.05, 4.69) is 0 Å². The fourth-order valence-electron chi connectivity index (χ4n) is 0. The van der Waals surface area contributed by atoms with Crippen molar-refractivity contribution in [3.8, 4) is 0 Å². The normalized spacial score (nSPS) is 4.50. The molecule has 0 saturated carbocycles. The first kappa shape index (κ1) is 31.3. The van der Waals surface area contributed by atoms with Gasteiger partial charge >= 0.3 is 0 Å². The summed E-state index contributed by atoms with van der Waals surface area (Å²) in [5.74, 6) is 0. The van der Waals surface area contributed by atoms with Crippen LogP contribution in [0.4, 0.5) is 0 Å². The lowest BCUT2D eigenvalue weighted by Crippen LogP contribution is -1.63. The van der Waals surface area contributed by atoms with Gasteiger partial charge in [-0.2, -0.15) is 0 Å². The Kier molecular flexibility index (Phi) is 88.8. The van der Waals surface area contributed by atoms with Gasteiger partial charge in [0.1, 0.15) is 4.84 Å². The van der Waals surface area contributed by atoms with E-state index in [1.807, 2.05) is 0 Å². The summed E-state index contributed by atoms with van der Waals surface area (Å²) in [6.07, 6.45) is 0. The maximum absolute atomic E-state index is 5.04. The first-order valence-electron chi connectivity index (χ1n) is 1.01. The largest absolute Gasteiger partial charge is 0.114 e. The molecule has 0 saturated heterocycles. The van der Waals surface area contributed by atoms with Gasteiger partial charge in [-0.15, -0.1) is 91.1 Å². The second-order valence-corrected chi connectivity index (χ2v) is 2.05. The fraction of sp³-hybridized carbons (Fsp3) is 1.00. The lowest BCUT2D eigenvalue weighted by atomic mass is 11.0. The van der Waals surface area contributed by atoms with Crippen LogP contribution in [0.1, 0.15) is 6.92 Å². The molecule has 0 spiro atoms. The average molecular weight is 423 g/mol. The summed E-state index contributed by atoms with van der Waals surface area (Å²) in [6.45, 7) is 1.70. The molecule has 0 N–H and O–H groups in total. The van der Waals surface area contributed by atoms with Gasteiger partial charge < -0.3 is 0 Å². The zero-order valence-corrected chi connectivity index (χ0v) is 12.3. The SMILES string of the molecule is Br.Br.Br.Br.CC(Cl)Cl. The van der Waals surface area contributed by atoms with Gasteiger partial charge in [-0.05, 0) is 6.92 Å². The molecule has 0 aliphatic rings. The highest BCUT2D eigenvalue weighted by Gasteiger charge is 1.75. The van der Waals surface area contributed by atoms with E-state index in [1.165, 1.54) is 0 Å². The molecule has 0 aliphatic carbocycles. The van der Waals surface area contributed by atoms with Gasteiger partial charge in [0.05, 0.1) is 0 Å². The quantitative estimate of drug-likeness (QED) is 0.515. The molecular formula is C2H8Br4Cl2. The Balaban J connectivity index is -0.00000000750. The molecular weight excluding hydrogens is 415 g/mol. The molecule has 0 radical (unpaired) electrons. The zero-order valence-electron chi connectivity index (χ0n) is 3.97. The van der Waals surface area contributed by atoms with Crippen LogP contribution >= 0.6 is 91.1 Å². The maximum atomic E-state index is 5.04. The Morgan fingerprint density at radius 2 is 0.875 bits per heavy atom.